The second-order valence-corrected chi connectivity index (χ2v) is 6.07. The van der Waals surface area contributed by atoms with Crippen LogP contribution in [0.5, 0.6) is 0 Å². The normalized spacial score (nSPS) is 32.2. The molecule has 11 heavy (non-hydrogen) atoms. The summed E-state index contributed by atoms with van der Waals surface area (Å²) in [7, 11) is 2.24. The van der Waals surface area contributed by atoms with Gasteiger partial charge in [-0.15, -0.1) is 0 Å². The summed E-state index contributed by atoms with van der Waals surface area (Å²) in [6.45, 7) is 2.67. The van der Waals surface area contributed by atoms with Gasteiger partial charge in [-0.3, -0.25) is 0 Å². The maximum Gasteiger partial charge on any atom is 0.0120 e. The van der Waals surface area contributed by atoms with Gasteiger partial charge in [0.2, 0.25) is 0 Å². The molecule has 64 valence electrons. The summed E-state index contributed by atoms with van der Waals surface area (Å²) < 4.78 is 0.996. The Morgan fingerprint density at radius 3 is 2.27 bits per heavy atom. The largest absolute Gasteiger partial charge is 0.306 e. The van der Waals surface area contributed by atoms with Crippen LogP contribution in [0.25, 0.3) is 0 Å². The van der Waals surface area contributed by atoms with Crippen molar-refractivity contribution in [1.82, 2.24) is 4.90 Å². The van der Waals surface area contributed by atoms with Crippen LogP contribution in [0, 0.1) is 5.41 Å². The number of rotatable bonds is 0. The summed E-state index contributed by atoms with van der Waals surface area (Å²) in [5.74, 6) is 0. The lowest BCUT2D eigenvalue weighted by Gasteiger charge is -2.50. The fraction of sp³-hybridized carbons (Fsp3) is 1.00. The van der Waals surface area contributed by atoms with E-state index in [4.69, 9.17) is 0 Å². The maximum absolute atomic E-state index is 2.60. The Bertz CT molecular complexity index is 142. The van der Waals surface area contributed by atoms with Crippen molar-refractivity contribution in [2.45, 2.75) is 29.6 Å². The lowest BCUT2D eigenvalue weighted by molar-refractivity contribution is 0.0533. The number of halogens is 1. The van der Waals surface area contributed by atoms with E-state index in [9.17, 15) is 0 Å². The average molecular weight is 265 g/mol. The van der Waals surface area contributed by atoms with Crippen molar-refractivity contribution >= 4 is 22.6 Å². The van der Waals surface area contributed by atoms with Crippen LogP contribution < -0.4 is 0 Å². The SMILES string of the molecule is CN1CCC2(CC1)CC(I)C2. The Balaban J connectivity index is 1.88. The fourth-order valence-electron chi connectivity index (χ4n) is 2.38. The van der Waals surface area contributed by atoms with E-state index >= 15 is 0 Å². The highest BCUT2D eigenvalue weighted by atomic mass is 127. The van der Waals surface area contributed by atoms with E-state index in [0.29, 0.717) is 0 Å². The molecule has 0 aromatic heterocycles. The molecule has 0 aromatic carbocycles. The minimum atomic E-state index is 0.804. The van der Waals surface area contributed by atoms with Gasteiger partial charge in [0.05, 0.1) is 0 Å². The molecule has 0 unspecified atom stereocenters. The van der Waals surface area contributed by atoms with Crippen LogP contribution >= 0.6 is 22.6 Å². The van der Waals surface area contributed by atoms with Gasteiger partial charge in [0.15, 0.2) is 0 Å². The number of likely N-dealkylation sites (tertiary alicyclic amines) is 1. The molecule has 0 atom stereocenters. The van der Waals surface area contributed by atoms with Crippen LogP contribution in [-0.4, -0.2) is 29.0 Å². The molecule has 0 amide bonds. The zero-order chi connectivity index (χ0) is 7.90. The first-order chi connectivity index (χ1) is 5.20. The second-order valence-electron chi connectivity index (χ2n) is 4.31. The highest BCUT2D eigenvalue weighted by Gasteiger charge is 2.43. The Hall–Kier alpha value is 0.690. The Morgan fingerprint density at radius 1 is 1.27 bits per heavy atom. The third kappa shape index (κ3) is 1.57. The van der Waals surface area contributed by atoms with Crippen molar-refractivity contribution in [2.24, 2.45) is 5.41 Å². The molecule has 1 nitrogen and oxygen atoms in total. The van der Waals surface area contributed by atoms with Gasteiger partial charge in [0.1, 0.15) is 0 Å². The first kappa shape index (κ1) is 8.30. The number of nitrogens with zero attached hydrogens (tertiary/aromatic N) is 1. The van der Waals surface area contributed by atoms with Crippen LogP contribution in [0.3, 0.4) is 0 Å². The van der Waals surface area contributed by atoms with Gasteiger partial charge >= 0.3 is 0 Å². The Labute approximate surface area is 82.7 Å². The van der Waals surface area contributed by atoms with E-state index in [0.717, 1.165) is 9.34 Å². The molecule has 1 aliphatic heterocycles. The summed E-state index contributed by atoms with van der Waals surface area (Å²) in [4.78, 5) is 2.46. The van der Waals surface area contributed by atoms with Gasteiger partial charge < -0.3 is 4.90 Å². The molecule has 1 heterocycles. The van der Waals surface area contributed by atoms with Crippen LogP contribution in [-0.2, 0) is 0 Å². The van der Waals surface area contributed by atoms with Gasteiger partial charge in [-0.25, -0.2) is 0 Å². The van der Waals surface area contributed by atoms with Gasteiger partial charge in [0.25, 0.3) is 0 Å². The molecule has 1 aliphatic carbocycles. The molecule has 2 rings (SSSR count). The van der Waals surface area contributed by atoms with Gasteiger partial charge in [0, 0.05) is 3.92 Å². The van der Waals surface area contributed by atoms with Crippen LogP contribution in [0.15, 0.2) is 0 Å². The van der Waals surface area contributed by atoms with Crippen LogP contribution in [0.2, 0.25) is 0 Å². The fourth-order valence-corrected chi connectivity index (χ4v) is 4.25. The number of alkyl halides is 1. The topological polar surface area (TPSA) is 3.24 Å². The standard InChI is InChI=1S/C9H16IN/c1-11-4-2-9(3-5-11)6-8(10)7-9/h8H,2-7H2,1H3. The van der Waals surface area contributed by atoms with E-state index in [1.807, 2.05) is 0 Å². The molecule has 2 fully saturated rings. The summed E-state index contributed by atoms with van der Waals surface area (Å²) >= 11 is 2.60. The third-order valence-electron chi connectivity index (χ3n) is 3.36. The van der Waals surface area contributed by atoms with Gasteiger partial charge in [-0.2, -0.15) is 0 Å². The summed E-state index contributed by atoms with van der Waals surface area (Å²) in [5, 5.41) is 0. The minimum Gasteiger partial charge on any atom is -0.306 e. The molecule has 1 saturated heterocycles. The monoisotopic (exact) mass is 265 g/mol. The lowest BCUT2D eigenvalue weighted by Crippen LogP contribution is -2.46. The van der Waals surface area contributed by atoms with Crippen molar-refractivity contribution in [3.8, 4) is 0 Å². The molecule has 0 aromatic rings. The van der Waals surface area contributed by atoms with E-state index < -0.39 is 0 Å². The smallest absolute Gasteiger partial charge is 0.0120 e. The van der Waals surface area contributed by atoms with Crippen molar-refractivity contribution in [1.29, 1.82) is 0 Å². The number of hydrogen-bond acceptors (Lipinski definition) is 1. The molecule has 0 radical (unpaired) electrons. The second kappa shape index (κ2) is 2.87. The third-order valence-corrected chi connectivity index (χ3v) is 4.24. The number of hydrogen-bond donors (Lipinski definition) is 0. The summed E-state index contributed by atoms with van der Waals surface area (Å²) in [6.07, 6.45) is 5.93. The predicted molar refractivity (Wildman–Crippen MR) is 56.2 cm³/mol. The molecule has 2 aliphatic rings. The maximum atomic E-state index is 2.60. The van der Waals surface area contributed by atoms with Gasteiger partial charge in [-0.05, 0) is 51.2 Å². The molecule has 1 spiro atoms. The lowest BCUT2D eigenvalue weighted by atomic mass is 9.63. The van der Waals surface area contributed by atoms with Crippen molar-refractivity contribution in [2.75, 3.05) is 20.1 Å². The predicted octanol–water partition coefficient (Wildman–Crippen LogP) is 2.30. The van der Waals surface area contributed by atoms with E-state index in [1.165, 1.54) is 38.8 Å². The van der Waals surface area contributed by atoms with Gasteiger partial charge in [-0.1, -0.05) is 22.6 Å². The van der Waals surface area contributed by atoms with Crippen molar-refractivity contribution < 1.29 is 0 Å². The first-order valence-corrected chi connectivity index (χ1v) is 5.77. The van der Waals surface area contributed by atoms with E-state index in [-0.39, 0.29) is 0 Å². The minimum absolute atomic E-state index is 0.804. The van der Waals surface area contributed by atoms with Crippen LogP contribution in [0.1, 0.15) is 25.7 Å². The Morgan fingerprint density at radius 2 is 1.82 bits per heavy atom. The Kier molecular flexibility index (Phi) is 2.17. The molecule has 0 N–H and O–H groups in total. The zero-order valence-corrected chi connectivity index (χ0v) is 9.30. The quantitative estimate of drug-likeness (QED) is 0.480. The molecular weight excluding hydrogens is 249 g/mol. The molecule has 1 saturated carbocycles. The van der Waals surface area contributed by atoms with Crippen molar-refractivity contribution in [3.63, 3.8) is 0 Å². The van der Waals surface area contributed by atoms with Crippen molar-refractivity contribution in [3.05, 3.63) is 0 Å². The summed E-state index contributed by atoms with van der Waals surface area (Å²) in [6, 6.07) is 0. The molecule has 0 bridgehead atoms. The highest BCUT2D eigenvalue weighted by Crippen LogP contribution is 2.51. The van der Waals surface area contributed by atoms with E-state index in [1.54, 1.807) is 0 Å². The van der Waals surface area contributed by atoms with Crippen LogP contribution in [0.4, 0.5) is 0 Å². The first-order valence-electron chi connectivity index (χ1n) is 4.53. The highest BCUT2D eigenvalue weighted by molar-refractivity contribution is 14.1. The zero-order valence-electron chi connectivity index (χ0n) is 7.15. The summed E-state index contributed by atoms with van der Waals surface area (Å²) in [5.41, 5.74) is 0.804. The molecular formula is C9H16IN. The average Bonchev–Trinajstić information content (AvgIpc) is 1.92. The number of piperidine rings is 1. The van der Waals surface area contributed by atoms with E-state index in [2.05, 4.69) is 34.5 Å². The molecule has 2 heteroatoms.